The molecule has 1 aromatic carbocycles. The van der Waals surface area contributed by atoms with Crippen LogP contribution in [0.4, 0.5) is 4.39 Å². The van der Waals surface area contributed by atoms with Gasteiger partial charge in [-0.1, -0.05) is 25.1 Å². The van der Waals surface area contributed by atoms with Gasteiger partial charge in [0.2, 0.25) is 5.88 Å². The molecule has 1 atom stereocenters. The minimum atomic E-state index is -0.192. The van der Waals surface area contributed by atoms with Gasteiger partial charge in [0, 0.05) is 6.07 Å². The summed E-state index contributed by atoms with van der Waals surface area (Å²) in [6, 6.07) is 10.4. The maximum Gasteiger partial charge on any atom is 0.233 e. The molecule has 112 valence electrons. The van der Waals surface area contributed by atoms with E-state index in [1.807, 2.05) is 12.1 Å². The molecule has 5 heteroatoms. The quantitative estimate of drug-likeness (QED) is 0.851. The Morgan fingerprint density at radius 1 is 1.19 bits per heavy atom. The van der Waals surface area contributed by atoms with Crippen LogP contribution in [-0.4, -0.2) is 23.9 Å². The van der Waals surface area contributed by atoms with E-state index in [1.165, 1.54) is 6.07 Å². The van der Waals surface area contributed by atoms with Crippen molar-refractivity contribution in [3.05, 3.63) is 53.5 Å². The normalized spacial score (nSPS) is 12.1. The van der Waals surface area contributed by atoms with Crippen LogP contribution in [0.25, 0.3) is 0 Å². The average Bonchev–Trinajstić information content (AvgIpc) is 2.53. The highest BCUT2D eigenvalue weighted by Crippen LogP contribution is 2.19. The molecule has 4 nitrogen and oxygen atoms in total. The molecular weight excluding hydrogens is 269 g/mol. The molecule has 1 aromatic heterocycles. The first kappa shape index (κ1) is 15.4. The number of nitrogens with zero attached hydrogens (tertiary/aromatic N) is 2. The van der Waals surface area contributed by atoms with E-state index in [4.69, 9.17) is 4.74 Å². The van der Waals surface area contributed by atoms with Crippen LogP contribution in [0.1, 0.15) is 30.6 Å². The van der Waals surface area contributed by atoms with Crippen molar-refractivity contribution in [2.75, 3.05) is 13.7 Å². The van der Waals surface area contributed by atoms with E-state index in [0.717, 1.165) is 18.7 Å². The predicted molar refractivity (Wildman–Crippen MR) is 79.7 cm³/mol. The molecule has 0 fully saturated rings. The zero-order chi connectivity index (χ0) is 15.1. The lowest BCUT2D eigenvalue weighted by molar-refractivity contribution is 0.388. The monoisotopic (exact) mass is 289 g/mol. The van der Waals surface area contributed by atoms with Gasteiger partial charge in [0.25, 0.3) is 0 Å². The van der Waals surface area contributed by atoms with Gasteiger partial charge in [0.1, 0.15) is 5.82 Å². The van der Waals surface area contributed by atoms with Crippen LogP contribution in [0.15, 0.2) is 36.4 Å². The molecule has 0 saturated carbocycles. The number of nitrogens with one attached hydrogen (secondary N) is 1. The lowest BCUT2D eigenvalue weighted by Crippen LogP contribution is -2.25. The summed E-state index contributed by atoms with van der Waals surface area (Å²) in [4.78, 5) is 0. The lowest BCUT2D eigenvalue weighted by Gasteiger charge is -2.18. The number of hydrogen-bond acceptors (Lipinski definition) is 4. The number of hydrogen-bond donors (Lipinski definition) is 1. The van der Waals surface area contributed by atoms with Crippen LogP contribution in [0.3, 0.4) is 0 Å². The third-order valence-corrected chi connectivity index (χ3v) is 3.25. The molecule has 0 aliphatic rings. The number of methoxy groups -OCH3 is 1. The average molecular weight is 289 g/mol. The van der Waals surface area contributed by atoms with Gasteiger partial charge in [-0.15, -0.1) is 5.10 Å². The summed E-state index contributed by atoms with van der Waals surface area (Å²) in [7, 11) is 1.55. The Kier molecular flexibility index (Phi) is 5.63. The fraction of sp³-hybridized carbons (Fsp3) is 0.375. The van der Waals surface area contributed by atoms with Crippen molar-refractivity contribution in [2.45, 2.75) is 25.8 Å². The van der Waals surface area contributed by atoms with Crippen LogP contribution < -0.4 is 10.1 Å². The number of rotatable bonds is 7. The van der Waals surface area contributed by atoms with Crippen molar-refractivity contribution in [1.29, 1.82) is 0 Å². The Morgan fingerprint density at radius 3 is 2.62 bits per heavy atom. The van der Waals surface area contributed by atoms with E-state index in [2.05, 4.69) is 22.4 Å². The molecule has 0 saturated heterocycles. The van der Waals surface area contributed by atoms with Crippen LogP contribution in [-0.2, 0) is 6.42 Å². The van der Waals surface area contributed by atoms with Crippen molar-refractivity contribution >= 4 is 0 Å². The van der Waals surface area contributed by atoms with Gasteiger partial charge in [-0.05, 0) is 37.1 Å². The molecular formula is C16H20FN3O. The van der Waals surface area contributed by atoms with Gasteiger partial charge < -0.3 is 10.1 Å². The third kappa shape index (κ3) is 4.23. The first-order valence-electron chi connectivity index (χ1n) is 7.09. The summed E-state index contributed by atoms with van der Waals surface area (Å²) in [5.74, 6) is 0.279. The zero-order valence-corrected chi connectivity index (χ0v) is 12.3. The number of ether oxygens (including phenoxy) is 1. The van der Waals surface area contributed by atoms with Crippen molar-refractivity contribution in [3.8, 4) is 5.88 Å². The minimum absolute atomic E-state index is 0.0692. The zero-order valence-electron chi connectivity index (χ0n) is 12.3. The molecule has 0 aliphatic carbocycles. The summed E-state index contributed by atoms with van der Waals surface area (Å²) in [5, 5.41) is 11.5. The predicted octanol–water partition coefficient (Wildman–Crippen LogP) is 2.91. The standard InChI is InChI=1S/C16H20FN3O/c1-3-10-18-15(11-12-6-4-5-7-13(12)17)14-8-9-16(21-2)20-19-14/h4-9,15,18H,3,10-11H2,1-2H3. The number of aromatic nitrogens is 2. The Morgan fingerprint density at radius 2 is 2.00 bits per heavy atom. The van der Waals surface area contributed by atoms with Crippen molar-refractivity contribution in [3.63, 3.8) is 0 Å². The van der Waals surface area contributed by atoms with Crippen LogP contribution in [0.2, 0.25) is 0 Å². The second-order valence-electron chi connectivity index (χ2n) is 4.80. The number of halogens is 1. The maximum absolute atomic E-state index is 13.8. The van der Waals surface area contributed by atoms with Gasteiger partial charge in [0.15, 0.2) is 0 Å². The van der Waals surface area contributed by atoms with Crippen molar-refractivity contribution in [2.24, 2.45) is 0 Å². The summed E-state index contributed by atoms with van der Waals surface area (Å²) in [5.41, 5.74) is 1.45. The van der Waals surface area contributed by atoms with Crippen LogP contribution >= 0.6 is 0 Å². The summed E-state index contributed by atoms with van der Waals surface area (Å²) in [6.07, 6.45) is 1.53. The molecule has 2 rings (SSSR count). The van der Waals surface area contributed by atoms with Crippen LogP contribution in [0.5, 0.6) is 5.88 Å². The Balaban J connectivity index is 2.18. The highest BCUT2D eigenvalue weighted by atomic mass is 19.1. The Bertz CT molecular complexity index is 560. The molecule has 0 spiro atoms. The molecule has 21 heavy (non-hydrogen) atoms. The lowest BCUT2D eigenvalue weighted by atomic mass is 10.0. The van der Waals surface area contributed by atoms with E-state index in [1.54, 1.807) is 25.3 Å². The molecule has 0 amide bonds. The third-order valence-electron chi connectivity index (χ3n) is 3.25. The first-order chi connectivity index (χ1) is 10.2. The van der Waals surface area contributed by atoms with Gasteiger partial charge in [-0.25, -0.2) is 4.39 Å². The fourth-order valence-corrected chi connectivity index (χ4v) is 2.11. The topological polar surface area (TPSA) is 47.0 Å². The van der Waals surface area contributed by atoms with Gasteiger partial charge >= 0.3 is 0 Å². The molecule has 1 N–H and O–H groups in total. The van der Waals surface area contributed by atoms with E-state index in [-0.39, 0.29) is 11.9 Å². The molecule has 0 radical (unpaired) electrons. The highest BCUT2D eigenvalue weighted by molar-refractivity contribution is 5.22. The van der Waals surface area contributed by atoms with E-state index in [9.17, 15) is 4.39 Å². The minimum Gasteiger partial charge on any atom is -0.480 e. The van der Waals surface area contributed by atoms with E-state index >= 15 is 0 Å². The second kappa shape index (κ2) is 7.69. The van der Waals surface area contributed by atoms with Gasteiger partial charge in [-0.3, -0.25) is 0 Å². The SMILES string of the molecule is CCCNC(Cc1ccccc1F)c1ccc(OC)nn1. The van der Waals surface area contributed by atoms with E-state index < -0.39 is 0 Å². The molecule has 1 heterocycles. The molecule has 2 aromatic rings. The van der Waals surface area contributed by atoms with Crippen molar-refractivity contribution in [1.82, 2.24) is 15.5 Å². The molecule has 0 bridgehead atoms. The van der Waals surface area contributed by atoms with Gasteiger partial charge in [-0.2, -0.15) is 5.10 Å². The largest absolute Gasteiger partial charge is 0.480 e. The van der Waals surface area contributed by atoms with E-state index in [0.29, 0.717) is 17.9 Å². The Labute approximate surface area is 124 Å². The van der Waals surface area contributed by atoms with Gasteiger partial charge in [0.05, 0.1) is 18.8 Å². The number of benzene rings is 1. The summed E-state index contributed by atoms with van der Waals surface area (Å²) >= 11 is 0. The summed E-state index contributed by atoms with van der Waals surface area (Å²) < 4.78 is 18.8. The fourth-order valence-electron chi connectivity index (χ4n) is 2.11. The molecule has 1 unspecified atom stereocenters. The first-order valence-corrected chi connectivity index (χ1v) is 7.09. The molecule has 0 aliphatic heterocycles. The highest BCUT2D eigenvalue weighted by Gasteiger charge is 2.15. The summed E-state index contributed by atoms with van der Waals surface area (Å²) in [6.45, 7) is 2.93. The Hall–Kier alpha value is -2.01. The maximum atomic E-state index is 13.8. The smallest absolute Gasteiger partial charge is 0.233 e. The second-order valence-corrected chi connectivity index (χ2v) is 4.80. The van der Waals surface area contributed by atoms with Crippen molar-refractivity contribution < 1.29 is 9.13 Å². The van der Waals surface area contributed by atoms with Crippen LogP contribution in [0, 0.1) is 5.82 Å².